The maximum absolute atomic E-state index is 5.68. The van der Waals surface area contributed by atoms with Crippen LogP contribution in [-0.2, 0) is 4.74 Å². The Morgan fingerprint density at radius 1 is 0.737 bits per heavy atom. The largest absolute Gasteiger partial charge is 0.381 e. The van der Waals surface area contributed by atoms with Gasteiger partial charge < -0.3 is 4.74 Å². The molecule has 0 rings (SSSR count). The van der Waals surface area contributed by atoms with E-state index in [1.807, 2.05) is 0 Å². The highest BCUT2D eigenvalue weighted by molar-refractivity contribution is 4.87. The molecule has 0 saturated heterocycles. The van der Waals surface area contributed by atoms with Crippen molar-refractivity contribution in [3.8, 4) is 0 Å². The zero-order chi connectivity index (χ0) is 14.8. The molecule has 0 aliphatic heterocycles. The first-order chi connectivity index (χ1) is 8.83. The number of allylic oxidation sites excluding steroid dienone is 2. The van der Waals surface area contributed by atoms with Gasteiger partial charge in [-0.25, -0.2) is 0 Å². The van der Waals surface area contributed by atoms with Gasteiger partial charge in [0.1, 0.15) is 0 Å². The second-order valence-electron chi connectivity index (χ2n) is 6.91. The Bertz CT molecular complexity index is 224. The Labute approximate surface area is 121 Å². The highest BCUT2D eigenvalue weighted by atomic mass is 16.5. The van der Waals surface area contributed by atoms with Crippen LogP contribution in [0.3, 0.4) is 0 Å². The lowest BCUT2D eigenvalue weighted by atomic mass is 9.87. The van der Waals surface area contributed by atoms with Crippen molar-refractivity contribution < 1.29 is 4.74 Å². The number of unbranched alkanes of at least 4 members (excludes halogenated alkanes) is 2. The molecule has 0 aromatic heterocycles. The SMILES string of the molecule is C=CC(C)(C)CCCCOCCCCC(C)(C)C=C. The van der Waals surface area contributed by atoms with E-state index in [0.29, 0.717) is 0 Å². The molecule has 1 nitrogen and oxygen atoms in total. The predicted molar refractivity (Wildman–Crippen MR) is 86.5 cm³/mol. The summed E-state index contributed by atoms with van der Waals surface area (Å²) in [6, 6.07) is 0. The minimum absolute atomic E-state index is 0.274. The molecule has 0 aromatic rings. The van der Waals surface area contributed by atoms with Crippen molar-refractivity contribution >= 4 is 0 Å². The smallest absolute Gasteiger partial charge is 0.0466 e. The lowest BCUT2D eigenvalue weighted by molar-refractivity contribution is 0.122. The average molecular weight is 266 g/mol. The van der Waals surface area contributed by atoms with E-state index in [4.69, 9.17) is 4.74 Å². The van der Waals surface area contributed by atoms with Crippen LogP contribution in [0.15, 0.2) is 25.3 Å². The summed E-state index contributed by atoms with van der Waals surface area (Å²) in [4.78, 5) is 0. The Balaban J connectivity index is 3.33. The second kappa shape index (κ2) is 9.36. The quantitative estimate of drug-likeness (QED) is 0.322. The third kappa shape index (κ3) is 11.0. The first-order valence-electron chi connectivity index (χ1n) is 7.68. The molecule has 0 amide bonds. The van der Waals surface area contributed by atoms with Gasteiger partial charge in [0.05, 0.1) is 0 Å². The van der Waals surface area contributed by atoms with E-state index in [1.165, 1.54) is 25.7 Å². The highest BCUT2D eigenvalue weighted by Crippen LogP contribution is 2.24. The van der Waals surface area contributed by atoms with Gasteiger partial charge >= 0.3 is 0 Å². The van der Waals surface area contributed by atoms with Crippen LogP contribution in [0, 0.1) is 10.8 Å². The molecule has 0 unspecified atom stereocenters. The molecular formula is C18H34O. The highest BCUT2D eigenvalue weighted by Gasteiger charge is 2.12. The van der Waals surface area contributed by atoms with Crippen LogP contribution in [0.4, 0.5) is 0 Å². The van der Waals surface area contributed by atoms with E-state index < -0.39 is 0 Å². The van der Waals surface area contributed by atoms with Crippen LogP contribution < -0.4 is 0 Å². The summed E-state index contributed by atoms with van der Waals surface area (Å²) in [6.07, 6.45) is 11.3. The van der Waals surface area contributed by atoms with Crippen molar-refractivity contribution in [3.05, 3.63) is 25.3 Å². The molecule has 0 N–H and O–H groups in total. The molecule has 1 heteroatoms. The lowest BCUT2D eigenvalue weighted by Crippen LogP contribution is -2.08. The van der Waals surface area contributed by atoms with Crippen LogP contribution in [0.5, 0.6) is 0 Å². The van der Waals surface area contributed by atoms with E-state index in [9.17, 15) is 0 Å². The van der Waals surface area contributed by atoms with Gasteiger partial charge in [0.25, 0.3) is 0 Å². The maximum Gasteiger partial charge on any atom is 0.0466 e. The topological polar surface area (TPSA) is 9.23 Å². The van der Waals surface area contributed by atoms with Gasteiger partial charge in [-0.05, 0) is 36.5 Å². The number of rotatable bonds is 12. The summed E-state index contributed by atoms with van der Waals surface area (Å²) in [5, 5.41) is 0. The fraction of sp³-hybridized carbons (Fsp3) is 0.778. The molecule has 0 atom stereocenters. The first kappa shape index (κ1) is 18.4. The van der Waals surface area contributed by atoms with Crippen molar-refractivity contribution in [2.75, 3.05) is 13.2 Å². The lowest BCUT2D eigenvalue weighted by Gasteiger charge is -2.19. The summed E-state index contributed by atoms with van der Waals surface area (Å²) in [6.45, 7) is 18.5. The molecule has 0 bridgehead atoms. The summed E-state index contributed by atoms with van der Waals surface area (Å²) in [5.41, 5.74) is 0.548. The van der Waals surface area contributed by atoms with Gasteiger partial charge in [0, 0.05) is 13.2 Å². The van der Waals surface area contributed by atoms with Crippen molar-refractivity contribution in [2.45, 2.75) is 66.2 Å². The Kier molecular flexibility index (Phi) is 9.08. The monoisotopic (exact) mass is 266 g/mol. The van der Waals surface area contributed by atoms with Crippen molar-refractivity contribution in [3.63, 3.8) is 0 Å². The normalized spacial score (nSPS) is 12.4. The number of hydrogen-bond acceptors (Lipinski definition) is 1. The summed E-state index contributed by atoms with van der Waals surface area (Å²) in [7, 11) is 0. The molecule has 0 aliphatic carbocycles. The van der Waals surface area contributed by atoms with Crippen LogP contribution in [-0.4, -0.2) is 13.2 Å². The van der Waals surface area contributed by atoms with E-state index in [2.05, 4.69) is 53.0 Å². The molecule has 112 valence electrons. The Hall–Kier alpha value is -0.560. The molecule has 0 fully saturated rings. The molecule has 0 heterocycles. The van der Waals surface area contributed by atoms with Gasteiger partial charge in [-0.15, -0.1) is 13.2 Å². The number of ether oxygens (including phenoxy) is 1. The van der Waals surface area contributed by atoms with Gasteiger partial charge in [0.15, 0.2) is 0 Å². The van der Waals surface area contributed by atoms with Gasteiger partial charge in [-0.3, -0.25) is 0 Å². The zero-order valence-electron chi connectivity index (χ0n) is 13.6. The fourth-order valence-electron chi connectivity index (χ4n) is 1.88. The van der Waals surface area contributed by atoms with Crippen molar-refractivity contribution in [1.29, 1.82) is 0 Å². The van der Waals surface area contributed by atoms with E-state index >= 15 is 0 Å². The molecule has 0 radical (unpaired) electrons. The second-order valence-corrected chi connectivity index (χ2v) is 6.91. The average Bonchev–Trinajstić information content (AvgIpc) is 2.36. The first-order valence-corrected chi connectivity index (χ1v) is 7.68. The molecule has 19 heavy (non-hydrogen) atoms. The summed E-state index contributed by atoms with van der Waals surface area (Å²) >= 11 is 0. The molecule has 0 saturated carbocycles. The standard InChI is InChI=1S/C18H34O/c1-7-17(3,4)13-9-11-15-19-16-12-10-14-18(5,6)8-2/h7-8H,1-2,9-16H2,3-6H3. The van der Waals surface area contributed by atoms with Crippen LogP contribution in [0.25, 0.3) is 0 Å². The Morgan fingerprint density at radius 3 is 1.42 bits per heavy atom. The summed E-state index contributed by atoms with van der Waals surface area (Å²) in [5.74, 6) is 0. The van der Waals surface area contributed by atoms with Crippen molar-refractivity contribution in [1.82, 2.24) is 0 Å². The van der Waals surface area contributed by atoms with Crippen molar-refractivity contribution in [2.24, 2.45) is 10.8 Å². The fourth-order valence-corrected chi connectivity index (χ4v) is 1.88. The predicted octanol–water partition coefficient (Wildman–Crippen LogP) is 5.77. The van der Waals surface area contributed by atoms with Crippen LogP contribution in [0.2, 0.25) is 0 Å². The molecule has 0 aliphatic rings. The maximum atomic E-state index is 5.68. The summed E-state index contributed by atoms with van der Waals surface area (Å²) < 4.78 is 5.68. The zero-order valence-corrected chi connectivity index (χ0v) is 13.6. The molecule has 0 spiro atoms. The third-order valence-corrected chi connectivity index (χ3v) is 3.82. The van der Waals surface area contributed by atoms with Gasteiger partial charge in [-0.1, -0.05) is 52.7 Å². The van der Waals surface area contributed by atoms with Gasteiger partial charge in [0.2, 0.25) is 0 Å². The third-order valence-electron chi connectivity index (χ3n) is 3.82. The Morgan fingerprint density at radius 2 is 1.11 bits per heavy atom. The van der Waals surface area contributed by atoms with E-state index in [-0.39, 0.29) is 10.8 Å². The minimum atomic E-state index is 0.274. The molecular weight excluding hydrogens is 232 g/mol. The van der Waals surface area contributed by atoms with E-state index in [0.717, 1.165) is 26.1 Å². The number of hydrogen-bond donors (Lipinski definition) is 0. The van der Waals surface area contributed by atoms with Crippen LogP contribution in [0.1, 0.15) is 66.2 Å². The minimum Gasteiger partial charge on any atom is -0.381 e. The van der Waals surface area contributed by atoms with Gasteiger partial charge in [-0.2, -0.15) is 0 Å². The van der Waals surface area contributed by atoms with Crippen LogP contribution >= 0.6 is 0 Å². The molecule has 0 aromatic carbocycles. The van der Waals surface area contributed by atoms with E-state index in [1.54, 1.807) is 0 Å².